The van der Waals surface area contributed by atoms with E-state index in [1.807, 2.05) is 24.3 Å². The molecule has 3 aromatic rings. The van der Waals surface area contributed by atoms with Gasteiger partial charge in [0.05, 0.1) is 0 Å². The molecule has 22 heavy (non-hydrogen) atoms. The number of rotatable bonds is 4. The molecule has 0 atom stereocenters. The van der Waals surface area contributed by atoms with Gasteiger partial charge in [0.1, 0.15) is 5.52 Å². The van der Waals surface area contributed by atoms with Crippen LogP contribution in [0.25, 0.3) is 11.1 Å². The van der Waals surface area contributed by atoms with Crippen molar-refractivity contribution in [3.63, 3.8) is 0 Å². The van der Waals surface area contributed by atoms with E-state index in [1.54, 1.807) is 0 Å². The summed E-state index contributed by atoms with van der Waals surface area (Å²) in [6.07, 6.45) is 2.57. The van der Waals surface area contributed by atoms with Crippen LogP contribution in [0.3, 0.4) is 0 Å². The molecule has 2 aromatic carbocycles. The first-order valence-electron chi connectivity index (χ1n) is 7.82. The Morgan fingerprint density at radius 2 is 1.77 bits per heavy atom. The van der Waals surface area contributed by atoms with Crippen molar-refractivity contribution in [3.8, 4) is 0 Å². The Bertz CT molecular complexity index is 742. The zero-order chi connectivity index (χ0) is 14.8. The quantitative estimate of drug-likeness (QED) is 0.788. The van der Waals surface area contributed by atoms with Crippen LogP contribution in [0.4, 0.5) is 11.7 Å². The SMILES string of the molecule is c1ccc(N2CCCC2)c(CNc2nc3ccccc3o2)c1. The average Bonchev–Trinajstić information content (AvgIpc) is 3.22. The van der Waals surface area contributed by atoms with E-state index in [1.165, 1.54) is 24.1 Å². The molecule has 1 fully saturated rings. The highest BCUT2D eigenvalue weighted by Gasteiger charge is 2.15. The minimum Gasteiger partial charge on any atom is -0.424 e. The van der Waals surface area contributed by atoms with Gasteiger partial charge in [-0.1, -0.05) is 30.3 Å². The lowest BCUT2D eigenvalue weighted by Crippen LogP contribution is -2.19. The molecule has 2 heterocycles. The Labute approximate surface area is 129 Å². The number of fused-ring (bicyclic) bond motifs is 1. The fraction of sp³-hybridized carbons (Fsp3) is 0.278. The summed E-state index contributed by atoms with van der Waals surface area (Å²) in [7, 11) is 0. The van der Waals surface area contributed by atoms with Crippen molar-refractivity contribution in [3.05, 3.63) is 54.1 Å². The molecule has 0 amide bonds. The summed E-state index contributed by atoms with van der Waals surface area (Å²) in [6, 6.07) is 17.0. The van der Waals surface area contributed by atoms with Gasteiger partial charge in [-0.25, -0.2) is 0 Å². The molecule has 0 saturated carbocycles. The van der Waals surface area contributed by atoms with E-state index in [9.17, 15) is 0 Å². The van der Waals surface area contributed by atoms with Gasteiger partial charge < -0.3 is 14.6 Å². The van der Waals surface area contributed by atoms with E-state index in [2.05, 4.69) is 39.5 Å². The predicted molar refractivity (Wildman–Crippen MR) is 89.2 cm³/mol. The molecule has 4 heteroatoms. The van der Waals surface area contributed by atoms with Crippen molar-refractivity contribution >= 4 is 22.8 Å². The second-order valence-corrected chi connectivity index (χ2v) is 5.66. The van der Waals surface area contributed by atoms with Gasteiger partial charge in [-0.3, -0.25) is 0 Å². The van der Waals surface area contributed by atoms with Crippen LogP contribution in [0.2, 0.25) is 0 Å². The molecular formula is C18H19N3O. The number of aromatic nitrogens is 1. The molecule has 1 N–H and O–H groups in total. The van der Waals surface area contributed by atoms with Crippen molar-refractivity contribution in [2.45, 2.75) is 19.4 Å². The molecule has 1 saturated heterocycles. The third-order valence-corrected chi connectivity index (χ3v) is 4.16. The molecule has 4 rings (SSSR count). The van der Waals surface area contributed by atoms with Crippen molar-refractivity contribution in [2.75, 3.05) is 23.3 Å². The average molecular weight is 293 g/mol. The zero-order valence-corrected chi connectivity index (χ0v) is 12.5. The molecular weight excluding hydrogens is 274 g/mol. The fourth-order valence-electron chi connectivity index (χ4n) is 3.05. The zero-order valence-electron chi connectivity index (χ0n) is 12.5. The summed E-state index contributed by atoms with van der Waals surface area (Å²) in [4.78, 5) is 6.92. The molecule has 0 spiro atoms. The van der Waals surface area contributed by atoms with E-state index >= 15 is 0 Å². The van der Waals surface area contributed by atoms with E-state index in [0.717, 1.165) is 30.7 Å². The Kier molecular flexibility index (Phi) is 3.43. The van der Waals surface area contributed by atoms with Crippen LogP contribution < -0.4 is 10.2 Å². The smallest absolute Gasteiger partial charge is 0.295 e. The number of nitrogens with one attached hydrogen (secondary N) is 1. The van der Waals surface area contributed by atoms with Crippen LogP contribution in [-0.4, -0.2) is 18.1 Å². The van der Waals surface area contributed by atoms with Crippen molar-refractivity contribution in [1.82, 2.24) is 4.98 Å². The van der Waals surface area contributed by atoms with Crippen molar-refractivity contribution < 1.29 is 4.42 Å². The lowest BCUT2D eigenvalue weighted by atomic mass is 10.1. The van der Waals surface area contributed by atoms with Gasteiger partial charge in [0.2, 0.25) is 0 Å². The van der Waals surface area contributed by atoms with E-state index in [0.29, 0.717) is 6.01 Å². The number of benzene rings is 2. The van der Waals surface area contributed by atoms with Crippen LogP contribution >= 0.6 is 0 Å². The highest BCUT2D eigenvalue weighted by atomic mass is 16.4. The van der Waals surface area contributed by atoms with Crippen LogP contribution in [0.15, 0.2) is 52.9 Å². The lowest BCUT2D eigenvalue weighted by molar-refractivity contribution is 0.614. The monoisotopic (exact) mass is 293 g/mol. The Morgan fingerprint density at radius 3 is 2.64 bits per heavy atom. The third-order valence-electron chi connectivity index (χ3n) is 4.16. The van der Waals surface area contributed by atoms with E-state index in [4.69, 9.17) is 4.42 Å². The number of hydrogen-bond donors (Lipinski definition) is 1. The summed E-state index contributed by atoms with van der Waals surface area (Å²) < 4.78 is 5.72. The molecule has 0 radical (unpaired) electrons. The topological polar surface area (TPSA) is 41.3 Å². The molecule has 1 aromatic heterocycles. The molecule has 4 nitrogen and oxygen atoms in total. The fourth-order valence-corrected chi connectivity index (χ4v) is 3.05. The van der Waals surface area contributed by atoms with Crippen molar-refractivity contribution in [2.24, 2.45) is 0 Å². The van der Waals surface area contributed by atoms with Gasteiger partial charge in [-0.2, -0.15) is 4.98 Å². The number of para-hydroxylation sites is 3. The van der Waals surface area contributed by atoms with Crippen LogP contribution in [0, 0.1) is 0 Å². The Balaban J connectivity index is 1.53. The Morgan fingerprint density at radius 1 is 1.00 bits per heavy atom. The summed E-state index contributed by atoms with van der Waals surface area (Å²) in [5.74, 6) is 0. The normalized spacial score (nSPS) is 14.6. The van der Waals surface area contributed by atoms with Gasteiger partial charge in [-0.15, -0.1) is 0 Å². The molecule has 0 bridgehead atoms. The van der Waals surface area contributed by atoms with E-state index in [-0.39, 0.29) is 0 Å². The standard InChI is InChI=1S/C18H19N3O/c1-3-9-16(21-11-5-6-12-21)14(7-1)13-19-18-20-15-8-2-4-10-17(15)22-18/h1-4,7-10H,5-6,11-13H2,(H,19,20). The van der Waals surface area contributed by atoms with Crippen LogP contribution in [-0.2, 0) is 6.54 Å². The van der Waals surface area contributed by atoms with Crippen LogP contribution in [0.5, 0.6) is 0 Å². The van der Waals surface area contributed by atoms with Crippen molar-refractivity contribution in [1.29, 1.82) is 0 Å². The minimum absolute atomic E-state index is 0.581. The lowest BCUT2D eigenvalue weighted by Gasteiger charge is -2.21. The highest BCUT2D eigenvalue weighted by Crippen LogP contribution is 2.25. The Hall–Kier alpha value is -2.49. The summed E-state index contributed by atoms with van der Waals surface area (Å²) in [5, 5.41) is 3.31. The third kappa shape index (κ3) is 2.52. The predicted octanol–water partition coefficient (Wildman–Crippen LogP) is 4.04. The highest BCUT2D eigenvalue weighted by molar-refractivity contribution is 5.74. The summed E-state index contributed by atoms with van der Waals surface area (Å²) in [6.45, 7) is 3.03. The molecule has 1 aliphatic heterocycles. The molecule has 0 aliphatic carbocycles. The number of anilines is 2. The summed E-state index contributed by atoms with van der Waals surface area (Å²) in [5.41, 5.74) is 4.31. The first-order chi connectivity index (χ1) is 10.9. The molecule has 1 aliphatic rings. The maximum absolute atomic E-state index is 5.72. The molecule has 112 valence electrons. The second kappa shape index (κ2) is 5.72. The molecule has 0 unspecified atom stereocenters. The van der Waals surface area contributed by atoms with Crippen LogP contribution in [0.1, 0.15) is 18.4 Å². The first kappa shape index (κ1) is 13.2. The minimum atomic E-state index is 0.581. The van der Waals surface area contributed by atoms with Gasteiger partial charge in [0.15, 0.2) is 5.58 Å². The largest absolute Gasteiger partial charge is 0.424 e. The second-order valence-electron chi connectivity index (χ2n) is 5.66. The maximum atomic E-state index is 5.72. The number of nitrogens with zero attached hydrogens (tertiary/aromatic N) is 2. The number of hydrogen-bond acceptors (Lipinski definition) is 4. The number of oxazole rings is 1. The summed E-state index contributed by atoms with van der Waals surface area (Å²) >= 11 is 0. The first-order valence-corrected chi connectivity index (χ1v) is 7.82. The maximum Gasteiger partial charge on any atom is 0.295 e. The van der Waals surface area contributed by atoms with Gasteiger partial charge in [0, 0.05) is 25.3 Å². The van der Waals surface area contributed by atoms with Gasteiger partial charge in [0.25, 0.3) is 6.01 Å². The van der Waals surface area contributed by atoms with Gasteiger partial charge >= 0.3 is 0 Å². The van der Waals surface area contributed by atoms with Gasteiger partial charge in [-0.05, 0) is 36.6 Å². The van der Waals surface area contributed by atoms with E-state index < -0.39 is 0 Å².